The summed E-state index contributed by atoms with van der Waals surface area (Å²) < 4.78 is 39.2. The monoisotopic (exact) mass is 953 g/mol. The minimum absolute atomic E-state index is 0.0478. The molecule has 2 rings (SSSR count). The van der Waals surface area contributed by atoms with Gasteiger partial charge in [-0.05, 0) is 32.1 Å². The lowest BCUT2D eigenvalue weighted by Gasteiger charge is -2.41. The highest BCUT2D eigenvalue weighted by Gasteiger charge is 2.51. The number of unbranched alkanes of at least 4 members (excludes halogenated alkanes) is 17. The molecule has 0 bridgehead atoms. The highest BCUT2D eigenvalue weighted by Crippen LogP contribution is 2.47. The molecule has 0 spiro atoms. The highest BCUT2D eigenvalue weighted by atomic mass is 31.2. The van der Waals surface area contributed by atoms with Crippen molar-refractivity contribution >= 4 is 19.8 Å². The van der Waals surface area contributed by atoms with Crippen LogP contribution in [0.3, 0.4) is 0 Å². The largest absolute Gasteiger partial charge is 0.472 e. The van der Waals surface area contributed by atoms with Gasteiger partial charge < -0.3 is 60.0 Å². The fourth-order valence-corrected chi connectivity index (χ4v) is 9.01. The predicted molar refractivity (Wildman–Crippen MR) is 243 cm³/mol. The van der Waals surface area contributed by atoms with E-state index in [1.54, 1.807) is 12.2 Å². The molecular weight excluding hydrogens is 867 g/mol. The summed E-state index contributed by atoms with van der Waals surface area (Å²) in [6.07, 6.45) is 12.5. The van der Waals surface area contributed by atoms with Gasteiger partial charge in [-0.2, -0.15) is 0 Å². The molecule has 0 amide bonds. The summed E-state index contributed by atoms with van der Waals surface area (Å²) in [6, 6.07) is 0. The lowest BCUT2D eigenvalue weighted by atomic mass is 9.85. The molecule has 2 aliphatic rings. The first-order valence-corrected chi connectivity index (χ1v) is 26.0. The number of carbonyl (C=O) groups is 2. The second-order valence-electron chi connectivity index (χ2n) is 17.9. The van der Waals surface area contributed by atoms with Crippen LogP contribution in [0.15, 0.2) is 24.3 Å². The van der Waals surface area contributed by atoms with Gasteiger partial charge in [-0.1, -0.05) is 147 Å². The Morgan fingerprint density at radius 3 is 1.78 bits per heavy atom. The van der Waals surface area contributed by atoms with Crippen LogP contribution in [-0.2, 0) is 37.4 Å². The van der Waals surface area contributed by atoms with Gasteiger partial charge in [0.15, 0.2) is 12.4 Å². The van der Waals surface area contributed by atoms with E-state index in [1.807, 2.05) is 12.2 Å². The summed E-state index contributed by atoms with van der Waals surface area (Å²) in [4.78, 5) is 36.0. The van der Waals surface area contributed by atoms with Gasteiger partial charge in [-0.25, -0.2) is 4.57 Å². The fourth-order valence-electron chi connectivity index (χ4n) is 8.03. The van der Waals surface area contributed by atoms with Crippen LogP contribution in [0.2, 0.25) is 0 Å². The van der Waals surface area contributed by atoms with Gasteiger partial charge in [0.2, 0.25) is 0 Å². The third-order valence-electron chi connectivity index (χ3n) is 12.1. The number of rotatable bonds is 36. The maximum absolute atomic E-state index is 12.9. The Kier molecular flexibility index (Phi) is 31.4. The van der Waals surface area contributed by atoms with Crippen LogP contribution >= 0.6 is 7.82 Å². The zero-order chi connectivity index (χ0) is 48.0. The van der Waals surface area contributed by atoms with Gasteiger partial charge in [0, 0.05) is 25.2 Å². The third kappa shape index (κ3) is 25.4. The van der Waals surface area contributed by atoms with E-state index in [0.29, 0.717) is 32.1 Å². The molecule has 0 radical (unpaired) electrons. The van der Waals surface area contributed by atoms with Gasteiger partial charge in [-0.3, -0.25) is 18.6 Å². The molecule has 0 aromatic carbocycles. The Morgan fingerprint density at radius 1 is 0.677 bits per heavy atom. The lowest BCUT2D eigenvalue weighted by Crippen LogP contribution is -2.64. The van der Waals surface area contributed by atoms with E-state index in [1.165, 1.54) is 64.2 Å². The summed E-state index contributed by atoms with van der Waals surface area (Å²) >= 11 is 0. The molecule has 1 saturated heterocycles. The van der Waals surface area contributed by atoms with Crippen LogP contribution in [0, 0.1) is 5.92 Å². The number of phosphoric ester groups is 1. The van der Waals surface area contributed by atoms with E-state index in [0.717, 1.165) is 44.9 Å². The summed E-state index contributed by atoms with van der Waals surface area (Å²) in [5, 5.41) is 81.4. The number of hydrogen-bond donors (Lipinski definition) is 9. The van der Waals surface area contributed by atoms with Crippen LogP contribution in [0.5, 0.6) is 0 Å². The van der Waals surface area contributed by atoms with Crippen molar-refractivity contribution in [3.63, 3.8) is 0 Å². The number of phosphoric acid groups is 1. The van der Waals surface area contributed by atoms with Gasteiger partial charge in [0.1, 0.15) is 43.2 Å². The Labute approximate surface area is 387 Å². The number of carbonyl (C=O) groups excluding carboxylic acids is 2. The van der Waals surface area contributed by atoms with Crippen LogP contribution in [0.4, 0.5) is 0 Å². The quantitative estimate of drug-likeness (QED) is 0.0157. The highest BCUT2D eigenvalue weighted by molar-refractivity contribution is 7.47. The normalized spacial score (nSPS) is 28.0. The van der Waals surface area contributed by atoms with Crippen LogP contribution in [-0.4, -0.2) is 138 Å². The van der Waals surface area contributed by atoms with Crippen molar-refractivity contribution in [3.05, 3.63) is 24.3 Å². The third-order valence-corrected chi connectivity index (χ3v) is 13.1. The summed E-state index contributed by atoms with van der Waals surface area (Å²) in [6.45, 7) is 2.97. The van der Waals surface area contributed by atoms with E-state index in [9.17, 15) is 59.9 Å². The molecule has 2 fully saturated rings. The van der Waals surface area contributed by atoms with E-state index >= 15 is 0 Å². The second-order valence-corrected chi connectivity index (χ2v) is 19.3. The van der Waals surface area contributed by atoms with Crippen molar-refractivity contribution in [3.8, 4) is 0 Å². The lowest BCUT2D eigenvalue weighted by molar-refractivity contribution is -0.220. The number of hydrogen-bond acceptors (Lipinski definition) is 16. The van der Waals surface area contributed by atoms with Crippen molar-refractivity contribution in [1.82, 2.24) is 0 Å². The molecule has 11 unspecified atom stereocenters. The van der Waals surface area contributed by atoms with Crippen molar-refractivity contribution in [2.24, 2.45) is 5.92 Å². The van der Waals surface area contributed by atoms with E-state index < -0.39 is 100 Å². The number of aliphatic hydroxyl groups is 8. The Hall–Kier alpha value is -1.83. The molecule has 1 aliphatic carbocycles. The SMILES string of the molecule is CCCCCCCCCCCCCCCCCC(=O)OCC(COP(=O)(O)OC1C(O)C(O)C(O)C(O)C1O)OC(=O)CCC/C=C\CC1C(O)CC(O)OC1/C=C/C(O)CCCCC. The van der Waals surface area contributed by atoms with E-state index in [-0.39, 0.29) is 25.2 Å². The molecule has 0 aromatic heterocycles. The van der Waals surface area contributed by atoms with Crippen LogP contribution in [0.25, 0.3) is 0 Å². The zero-order valence-corrected chi connectivity index (χ0v) is 40.0. The molecule has 17 nitrogen and oxygen atoms in total. The van der Waals surface area contributed by atoms with Crippen molar-refractivity contribution in [1.29, 1.82) is 0 Å². The number of allylic oxidation sites excluding steroid dienone is 2. The average Bonchev–Trinajstić information content (AvgIpc) is 3.27. The van der Waals surface area contributed by atoms with Crippen molar-refractivity contribution in [2.75, 3.05) is 13.2 Å². The molecule has 65 heavy (non-hydrogen) atoms. The molecule has 1 aliphatic heterocycles. The molecular formula is C47H85O17P. The summed E-state index contributed by atoms with van der Waals surface area (Å²) in [5.74, 6) is -1.67. The standard InChI is InChI=1S/C47H85O17P/c1-3-5-7-8-9-10-11-12-13-14-15-16-17-18-23-27-39(50)60-32-35(33-61-65(58,59)64-47-45(56)43(54)42(53)44(55)46(47)57)62-40(51)28-24-20-19-22-26-36-37(49)31-41(52)63-38(36)30-29-34(48)25-21-6-4-2/h19,22,29-30,34-38,41-49,52-57H,3-18,20-21,23-28,31-33H2,1-2H3,(H,58,59)/b22-19-,30-29+. The Balaban J connectivity index is 1.86. The molecule has 18 heteroatoms. The first-order chi connectivity index (χ1) is 31.1. The molecule has 11 atom stereocenters. The molecule has 0 aromatic rings. The minimum Gasteiger partial charge on any atom is -0.462 e. The van der Waals surface area contributed by atoms with Crippen molar-refractivity contribution in [2.45, 2.75) is 242 Å². The maximum atomic E-state index is 12.9. The number of aliphatic hydroxyl groups excluding tert-OH is 8. The molecule has 1 heterocycles. The first-order valence-electron chi connectivity index (χ1n) is 24.5. The first kappa shape index (κ1) is 59.3. The predicted octanol–water partition coefficient (Wildman–Crippen LogP) is 5.72. The van der Waals surface area contributed by atoms with Crippen LogP contribution in [0.1, 0.15) is 174 Å². The van der Waals surface area contributed by atoms with E-state index in [4.69, 9.17) is 23.3 Å². The van der Waals surface area contributed by atoms with E-state index in [2.05, 4.69) is 13.8 Å². The summed E-state index contributed by atoms with van der Waals surface area (Å²) in [7, 11) is -5.20. The maximum Gasteiger partial charge on any atom is 0.472 e. The molecule has 380 valence electrons. The van der Waals surface area contributed by atoms with Crippen LogP contribution < -0.4 is 0 Å². The average molecular weight is 953 g/mol. The smallest absolute Gasteiger partial charge is 0.462 e. The Bertz CT molecular complexity index is 1350. The minimum atomic E-state index is -5.20. The van der Waals surface area contributed by atoms with Crippen molar-refractivity contribution < 1.29 is 83.2 Å². The zero-order valence-electron chi connectivity index (χ0n) is 39.1. The number of ether oxygens (including phenoxy) is 3. The molecule has 9 N–H and O–H groups in total. The van der Waals surface area contributed by atoms with Gasteiger partial charge in [0.05, 0.1) is 24.9 Å². The summed E-state index contributed by atoms with van der Waals surface area (Å²) in [5.41, 5.74) is 0. The van der Waals surface area contributed by atoms with Gasteiger partial charge >= 0.3 is 19.8 Å². The topological polar surface area (TPSA) is 279 Å². The fraction of sp³-hybridized carbons (Fsp3) is 0.872. The van der Waals surface area contributed by atoms with Gasteiger partial charge in [0.25, 0.3) is 0 Å². The Morgan fingerprint density at radius 2 is 1.20 bits per heavy atom. The number of esters is 2. The second kappa shape index (κ2) is 34.5. The van der Waals surface area contributed by atoms with Gasteiger partial charge in [-0.15, -0.1) is 0 Å². The molecule has 1 saturated carbocycles.